The number of piperazine rings is 1. The van der Waals surface area contributed by atoms with E-state index in [0.29, 0.717) is 32.1 Å². The zero-order valence-electron chi connectivity index (χ0n) is 15.7. The topological polar surface area (TPSA) is 68.2 Å². The number of thioether (sulfide) groups is 1. The summed E-state index contributed by atoms with van der Waals surface area (Å²) in [4.78, 5) is 7.41. The van der Waals surface area contributed by atoms with Crippen molar-refractivity contribution >= 4 is 27.7 Å². The van der Waals surface area contributed by atoms with Crippen molar-refractivity contribution in [3.05, 3.63) is 0 Å². The Morgan fingerprint density at radius 3 is 2.26 bits per heavy atom. The molecule has 2 rings (SSSR count). The molecule has 0 bridgehead atoms. The number of alkyl halides is 3. The second kappa shape index (κ2) is 9.66. The maximum atomic E-state index is 12.8. The fourth-order valence-electron chi connectivity index (χ4n) is 3.11. The molecule has 158 valence electrons. The molecule has 0 spiro atoms. The monoisotopic (exact) mass is 431 g/mol. The van der Waals surface area contributed by atoms with Gasteiger partial charge in [0.2, 0.25) is 10.0 Å². The predicted molar refractivity (Wildman–Crippen MR) is 103 cm³/mol. The van der Waals surface area contributed by atoms with Crippen LogP contribution in [0.25, 0.3) is 0 Å². The van der Waals surface area contributed by atoms with Crippen LogP contribution in [-0.2, 0) is 10.0 Å². The molecule has 2 aliphatic heterocycles. The Kier molecular flexibility index (Phi) is 8.07. The maximum Gasteiger partial charge on any atom is 0.403 e. The molecule has 2 fully saturated rings. The summed E-state index contributed by atoms with van der Waals surface area (Å²) < 4.78 is 64.7. The summed E-state index contributed by atoms with van der Waals surface area (Å²) in [6.07, 6.45) is -4.23. The van der Waals surface area contributed by atoms with Crippen LogP contribution in [0.3, 0.4) is 0 Å². The van der Waals surface area contributed by atoms with Crippen molar-refractivity contribution in [2.75, 3.05) is 70.1 Å². The van der Waals surface area contributed by atoms with E-state index in [1.54, 1.807) is 18.8 Å². The van der Waals surface area contributed by atoms with Gasteiger partial charge in [-0.3, -0.25) is 9.89 Å². The van der Waals surface area contributed by atoms with Gasteiger partial charge in [-0.05, 0) is 6.92 Å². The van der Waals surface area contributed by atoms with Crippen LogP contribution < -0.4 is 5.32 Å². The number of aliphatic imine (C=N–C) groups is 1. The largest absolute Gasteiger partial charge is 0.403 e. The lowest BCUT2D eigenvalue weighted by atomic mass is 10.2. The van der Waals surface area contributed by atoms with Gasteiger partial charge in [-0.25, -0.2) is 12.7 Å². The van der Waals surface area contributed by atoms with Crippen LogP contribution >= 0.6 is 11.8 Å². The smallest absolute Gasteiger partial charge is 0.355 e. The van der Waals surface area contributed by atoms with Gasteiger partial charge in [0, 0.05) is 64.4 Å². The van der Waals surface area contributed by atoms with Crippen molar-refractivity contribution in [1.82, 2.24) is 19.4 Å². The minimum absolute atomic E-state index is 0.0260. The second-order valence-corrected chi connectivity index (χ2v) is 9.86. The van der Waals surface area contributed by atoms with Gasteiger partial charge in [0.05, 0.1) is 5.75 Å². The lowest BCUT2D eigenvalue weighted by Crippen LogP contribution is -2.57. The first-order valence-corrected chi connectivity index (χ1v) is 11.7. The highest BCUT2D eigenvalue weighted by atomic mass is 32.2. The van der Waals surface area contributed by atoms with Gasteiger partial charge in [-0.1, -0.05) is 0 Å². The van der Waals surface area contributed by atoms with Crippen LogP contribution in [0.5, 0.6) is 0 Å². The summed E-state index contributed by atoms with van der Waals surface area (Å²) in [7, 11) is -1.72. The average Bonchev–Trinajstić information content (AvgIpc) is 2.65. The van der Waals surface area contributed by atoms with E-state index in [0.717, 1.165) is 11.5 Å². The number of halogens is 3. The molecular weight excluding hydrogens is 403 g/mol. The van der Waals surface area contributed by atoms with Gasteiger partial charge in [0.1, 0.15) is 6.04 Å². The summed E-state index contributed by atoms with van der Waals surface area (Å²) in [5.74, 6) is 2.13. The molecule has 12 heteroatoms. The molecule has 2 saturated heterocycles. The maximum absolute atomic E-state index is 12.8. The van der Waals surface area contributed by atoms with Gasteiger partial charge < -0.3 is 10.2 Å². The third-order valence-electron chi connectivity index (χ3n) is 4.85. The molecule has 1 atom stereocenters. The van der Waals surface area contributed by atoms with Gasteiger partial charge >= 0.3 is 6.18 Å². The molecular formula is C15H28F3N5O2S2. The Morgan fingerprint density at radius 2 is 1.74 bits per heavy atom. The average molecular weight is 432 g/mol. The van der Waals surface area contributed by atoms with E-state index in [9.17, 15) is 21.6 Å². The number of hydrogen-bond donors (Lipinski definition) is 1. The normalized spacial score (nSPS) is 22.7. The lowest BCUT2D eigenvalue weighted by molar-refractivity contribution is -0.181. The molecule has 2 aliphatic rings. The molecule has 0 amide bonds. The Bertz CT molecular complexity index is 601. The Balaban J connectivity index is 1.79. The van der Waals surface area contributed by atoms with Crippen LogP contribution in [0.1, 0.15) is 6.92 Å². The Labute approximate surface area is 163 Å². The SMILES string of the molecule is CN=C(NCCS(=O)(=O)N1CCSCC1)N1CCN(C(C)C(F)(F)F)CC1. The molecule has 7 nitrogen and oxygen atoms in total. The number of nitrogens with zero attached hydrogens (tertiary/aromatic N) is 4. The molecule has 0 aromatic heterocycles. The number of rotatable bonds is 5. The minimum Gasteiger partial charge on any atom is -0.355 e. The first-order chi connectivity index (χ1) is 12.6. The van der Waals surface area contributed by atoms with Crippen molar-refractivity contribution in [1.29, 1.82) is 0 Å². The van der Waals surface area contributed by atoms with Crippen LogP contribution in [0.4, 0.5) is 13.2 Å². The van der Waals surface area contributed by atoms with Gasteiger partial charge in [0.15, 0.2) is 5.96 Å². The van der Waals surface area contributed by atoms with E-state index in [2.05, 4.69) is 10.3 Å². The van der Waals surface area contributed by atoms with E-state index < -0.39 is 22.2 Å². The van der Waals surface area contributed by atoms with Crippen molar-refractivity contribution in [3.8, 4) is 0 Å². The quantitative estimate of drug-likeness (QED) is 0.505. The van der Waals surface area contributed by atoms with E-state index in [4.69, 9.17) is 0 Å². The summed E-state index contributed by atoms with van der Waals surface area (Å²) in [5, 5.41) is 3.03. The highest BCUT2D eigenvalue weighted by Gasteiger charge is 2.41. The van der Waals surface area contributed by atoms with Crippen LogP contribution in [0.2, 0.25) is 0 Å². The van der Waals surface area contributed by atoms with E-state index in [1.807, 2.05) is 4.90 Å². The summed E-state index contributed by atoms with van der Waals surface area (Å²) >= 11 is 1.75. The zero-order valence-corrected chi connectivity index (χ0v) is 17.3. The van der Waals surface area contributed by atoms with Gasteiger partial charge in [0.25, 0.3) is 0 Å². The first-order valence-electron chi connectivity index (χ1n) is 8.97. The minimum atomic E-state index is -4.23. The number of nitrogens with one attached hydrogen (secondary N) is 1. The number of hydrogen-bond acceptors (Lipinski definition) is 5. The van der Waals surface area contributed by atoms with E-state index in [-0.39, 0.29) is 25.4 Å². The van der Waals surface area contributed by atoms with Crippen molar-refractivity contribution in [3.63, 3.8) is 0 Å². The van der Waals surface area contributed by atoms with Crippen LogP contribution in [-0.4, -0.2) is 111 Å². The Morgan fingerprint density at radius 1 is 1.15 bits per heavy atom. The van der Waals surface area contributed by atoms with Crippen molar-refractivity contribution in [2.45, 2.75) is 19.1 Å². The Hall–Kier alpha value is -0.720. The molecule has 0 aromatic carbocycles. The molecule has 27 heavy (non-hydrogen) atoms. The van der Waals surface area contributed by atoms with Gasteiger partial charge in [-0.15, -0.1) is 0 Å². The summed E-state index contributed by atoms with van der Waals surface area (Å²) in [6.45, 7) is 3.87. The third-order valence-corrected chi connectivity index (χ3v) is 7.67. The van der Waals surface area contributed by atoms with E-state index >= 15 is 0 Å². The van der Waals surface area contributed by atoms with Crippen LogP contribution in [0, 0.1) is 0 Å². The first kappa shape index (κ1) is 22.6. The van der Waals surface area contributed by atoms with E-state index in [1.165, 1.54) is 16.1 Å². The van der Waals surface area contributed by atoms with Gasteiger partial charge in [-0.2, -0.15) is 24.9 Å². The highest BCUT2D eigenvalue weighted by Crippen LogP contribution is 2.25. The molecule has 0 radical (unpaired) electrons. The highest BCUT2D eigenvalue weighted by molar-refractivity contribution is 7.99. The molecule has 2 heterocycles. The number of guanidine groups is 1. The van der Waals surface area contributed by atoms with Crippen LogP contribution in [0.15, 0.2) is 4.99 Å². The predicted octanol–water partition coefficient (Wildman–Crippen LogP) is 0.509. The third kappa shape index (κ3) is 6.40. The molecule has 1 N–H and O–H groups in total. The standard InChI is InChI=1S/C15H28F3N5O2S2/c1-13(15(16,17)18)21-4-6-22(7-5-21)14(19-2)20-3-12-27(24,25)23-8-10-26-11-9-23/h13H,3-12H2,1-2H3,(H,19,20). The zero-order chi connectivity index (χ0) is 20.1. The van der Waals surface area contributed by atoms with Crippen molar-refractivity contribution in [2.24, 2.45) is 4.99 Å². The molecule has 0 saturated carbocycles. The summed E-state index contributed by atoms with van der Waals surface area (Å²) in [5.41, 5.74) is 0. The molecule has 0 aromatic rings. The summed E-state index contributed by atoms with van der Waals surface area (Å²) in [6, 6.07) is -1.47. The number of sulfonamides is 1. The van der Waals surface area contributed by atoms with Crippen molar-refractivity contribution < 1.29 is 21.6 Å². The fourth-order valence-corrected chi connectivity index (χ4v) is 5.60. The molecule has 0 aliphatic carbocycles. The fraction of sp³-hybridized carbons (Fsp3) is 0.933. The second-order valence-electron chi connectivity index (χ2n) is 6.54. The lowest BCUT2D eigenvalue weighted by Gasteiger charge is -2.39. The molecule has 1 unspecified atom stereocenters.